The summed E-state index contributed by atoms with van der Waals surface area (Å²) < 4.78 is 5.21. The van der Waals surface area contributed by atoms with Crippen molar-refractivity contribution >= 4 is 21.8 Å². The minimum absolute atomic E-state index is 0.0458. The van der Waals surface area contributed by atoms with Gasteiger partial charge in [0.15, 0.2) is 0 Å². The van der Waals surface area contributed by atoms with Crippen molar-refractivity contribution in [1.82, 2.24) is 5.32 Å². The predicted molar refractivity (Wildman–Crippen MR) is 77.7 cm³/mol. The molecular formula is C14H20BrNO2. The highest BCUT2D eigenvalue weighted by atomic mass is 79.9. The molecule has 0 aliphatic rings. The van der Waals surface area contributed by atoms with Crippen molar-refractivity contribution in [2.24, 2.45) is 0 Å². The van der Waals surface area contributed by atoms with Gasteiger partial charge in [-0.1, -0.05) is 28.9 Å². The zero-order valence-electron chi connectivity index (χ0n) is 11.1. The summed E-state index contributed by atoms with van der Waals surface area (Å²) in [6.45, 7) is 4.76. The van der Waals surface area contributed by atoms with Crippen LogP contribution in [-0.2, 0) is 0 Å². The molecule has 1 rings (SSSR count). The minimum atomic E-state index is -0.0458. The summed E-state index contributed by atoms with van der Waals surface area (Å²) in [5.74, 6) is 0.701. The van der Waals surface area contributed by atoms with E-state index < -0.39 is 0 Å². The Hall–Kier alpha value is -1.03. The van der Waals surface area contributed by atoms with Crippen LogP contribution in [0.25, 0.3) is 0 Å². The molecule has 1 unspecified atom stereocenters. The van der Waals surface area contributed by atoms with Crippen LogP contribution >= 0.6 is 15.9 Å². The number of alkyl halides is 1. The van der Waals surface area contributed by atoms with Gasteiger partial charge in [-0.2, -0.15) is 0 Å². The number of nitrogens with one attached hydrogen (secondary N) is 1. The lowest BCUT2D eigenvalue weighted by molar-refractivity contribution is 0.0952. The Kier molecular flexibility index (Phi) is 6.19. The molecule has 0 radical (unpaired) electrons. The van der Waals surface area contributed by atoms with E-state index in [1.165, 1.54) is 0 Å². The fourth-order valence-electron chi connectivity index (χ4n) is 1.65. The van der Waals surface area contributed by atoms with Gasteiger partial charge in [0.2, 0.25) is 0 Å². The topological polar surface area (TPSA) is 38.3 Å². The van der Waals surface area contributed by atoms with Crippen molar-refractivity contribution in [2.75, 3.05) is 13.7 Å². The number of halogens is 1. The Balaban J connectivity index is 2.51. The van der Waals surface area contributed by atoms with Crippen LogP contribution in [0.5, 0.6) is 5.75 Å². The molecule has 0 spiro atoms. The molecule has 0 heterocycles. The Morgan fingerprint density at radius 1 is 1.50 bits per heavy atom. The van der Waals surface area contributed by atoms with E-state index in [1.54, 1.807) is 13.2 Å². The van der Waals surface area contributed by atoms with Gasteiger partial charge in [0, 0.05) is 16.9 Å². The molecule has 18 heavy (non-hydrogen) atoms. The smallest absolute Gasteiger partial charge is 0.251 e. The SMILES string of the molecule is COc1cc(C(=O)NCCCC(C)Br)ccc1C. The second-order valence-corrected chi connectivity index (χ2v) is 5.93. The highest BCUT2D eigenvalue weighted by molar-refractivity contribution is 9.09. The average Bonchev–Trinajstić information content (AvgIpc) is 2.34. The monoisotopic (exact) mass is 313 g/mol. The second-order valence-electron chi connectivity index (χ2n) is 4.36. The first-order valence-corrected chi connectivity index (χ1v) is 7.03. The predicted octanol–water partition coefficient (Wildman–Crippen LogP) is 3.30. The zero-order chi connectivity index (χ0) is 13.5. The zero-order valence-corrected chi connectivity index (χ0v) is 12.7. The quantitative estimate of drug-likeness (QED) is 0.646. The van der Waals surface area contributed by atoms with Gasteiger partial charge in [-0.3, -0.25) is 4.79 Å². The summed E-state index contributed by atoms with van der Waals surface area (Å²) in [6, 6.07) is 5.49. The molecule has 0 saturated heterocycles. The van der Waals surface area contributed by atoms with E-state index in [4.69, 9.17) is 4.74 Å². The van der Waals surface area contributed by atoms with Gasteiger partial charge in [0.25, 0.3) is 5.91 Å². The molecule has 1 atom stereocenters. The van der Waals surface area contributed by atoms with Gasteiger partial charge in [-0.15, -0.1) is 0 Å². The molecule has 4 heteroatoms. The van der Waals surface area contributed by atoms with Gasteiger partial charge in [-0.05, 0) is 37.5 Å². The Morgan fingerprint density at radius 3 is 2.83 bits per heavy atom. The lowest BCUT2D eigenvalue weighted by Crippen LogP contribution is -2.24. The number of ether oxygens (including phenoxy) is 1. The molecule has 1 amide bonds. The molecule has 1 aromatic rings. The Bertz CT molecular complexity index is 405. The Morgan fingerprint density at radius 2 is 2.22 bits per heavy atom. The highest BCUT2D eigenvalue weighted by Gasteiger charge is 2.07. The van der Waals surface area contributed by atoms with Crippen LogP contribution in [0, 0.1) is 6.92 Å². The summed E-state index contributed by atoms with van der Waals surface area (Å²) in [7, 11) is 1.61. The molecule has 0 saturated carbocycles. The molecule has 100 valence electrons. The van der Waals surface area contributed by atoms with Crippen LogP contribution in [0.1, 0.15) is 35.7 Å². The van der Waals surface area contributed by atoms with Crippen LogP contribution in [-0.4, -0.2) is 24.4 Å². The standard InChI is InChI=1S/C14H20BrNO2/c1-10-6-7-12(9-13(10)18-3)14(17)16-8-4-5-11(2)15/h6-7,9,11H,4-5,8H2,1-3H3,(H,16,17). The van der Waals surface area contributed by atoms with Crippen molar-refractivity contribution in [3.8, 4) is 5.75 Å². The van der Waals surface area contributed by atoms with E-state index in [1.807, 2.05) is 19.1 Å². The molecule has 0 aliphatic carbocycles. The molecule has 0 bridgehead atoms. The van der Waals surface area contributed by atoms with Gasteiger partial charge in [0.1, 0.15) is 5.75 Å². The summed E-state index contributed by atoms with van der Waals surface area (Å²) in [4.78, 5) is 12.4. The number of methoxy groups -OCH3 is 1. The molecule has 1 N–H and O–H groups in total. The molecule has 3 nitrogen and oxygen atoms in total. The van der Waals surface area contributed by atoms with Crippen LogP contribution in [0.15, 0.2) is 18.2 Å². The van der Waals surface area contributed by atoms with Crippen molar-refractivity contribution in [3.05, 3.63) is 29.3 Å². The molecule has 0 aliphatic heterocycles. The maximum atomic E-state index is 11.9. The molecule has 0 aromatic heterocycles. The highest BCUT2D eigenvalue weighted by Crippen LogP contribution is 2.18. The normalized spacial score (nSPS) is 12.0. The van der Waals surface area contributed by atoms with Crippen molar-refractivity contribution < 1.29 is 9.53 Å². The molecule has 1 aromatic carbocycles. The number of carbonyl (C=O) groups is 1. The van der Waals surface area contributed by atoms with E-state index in [-0.39, 0.29) is 5.91 Å². The molecule has 0 fully saturated rings. The van der Waals surface area contributed by atoms with E-state index in [9.17, 15) is 4.79 Å². The third-order valence-corrected chi connectivity index (χ3v) is 3.19. The van der Waals surface area contributed by atoms with Gasteiger partial charge in [0.05, 0.1) is 7.11 Å². The fraction of sp³-hybridized carbons (Fsp3) is 0.500. The van der Waals surface area contributed by atoms with Crippen LogP contribution < -0.4 is 10.1 Å². The van der Waals surface area contributed by atoms with E-state index in [0.29, 0.717) is 16.9 Å². The lowest BCUT2D eigenvalue weighted by Gasteiger charge is -2.09. The number of aryl methyl sites for hydroxylation is 1. The van der Waals surface area contributed by atoms with Crippen molar-refractivity contribution in [3.63, 3.8) is 0 Å². The number of hydrogen-bond donors (Lipinski definition) is 1. The van der Waals surface area contributed by atoms with Crippen LogP contribution in [0.2, 0.25) is 0 Å². The number of hydrogen-bond acceptors (Lipinski definition) is 2. The minimum Gasteiger partial charge on any atom is -0.496 e. The maximum Gasteiger partial charge on any atom is 0.251 e. The maximum absolute atomic E-state index is 11.9. The van der Waals surface area contributed by atoms with E-state index in [0.717, 1.165) is 24.2 Å². The summed E-state index contributed by atoms with van der Waals surface area (Å²) in [6.07, 6.45) is 2.03. The van der Waals surface area contributed by atoms with Gasteiger partial charge < -0.3 is 10.1 Å². The first-order chi connectivity index (χ1) is 8.54. The largest absolute Gasteiger partial charge is 0.496 e. The summed E-state index contributed by atoms with van der Waals surface area (Å²) in [5.41, 5.74) is 1.67. The fourth-order valence-corrected chi connectivity index (χ4v) is 1.97. The van der Waals surface area contributed by atoms with E-state index in [2.05, 4.69) is 28.2 Å². The van der Waals surface area contributed by atoms with Crippen molar-refractivity contribution in [1.29, 1.82) is 0 Å². The number of rotatable bonds is 6. The Labute approximate surface area is 117 Å². The third kappa shape index (κ3) is 4.69. The number of amides is 1. The second kappa shape index (κ2) is 7.41. The van der Waals surface area contributed by atoms with Gasteiger partial charge >= 0.3 is 0 Å². The first kappa shape index (κ1) is 15.0. The summed E-state index contributed by atoms with van der Waals surface area (Å²) >= 11 is 3.48. The number of carbonyl (C=O) groups excluding carboxylic acids is 1. The average molecular weight is 314 g/mol. The first-order valence-electron chi connectivity index (χ1n) is 6.11. The lowest BCUT2D eigenvalue weighted by atomic mass is 10.1. The van der Waals surface area contributed by atoms with Crippen LogP contribution in [0.3, 0.4) is 0 Å². The van der Waals surface area contributed by atoms with E-state index >= 15 is 0 Å². The van der Waals surface area contributed by atoms with Gasteiger partial charge in [-0.25, -0.2) is 0 Å². The van der Waals surface area contributed by atoms with Crippen molar-refractivity contribution in [2.45, 2.75) is 31.5 Å². The summed E-state index contributed by atoms with van der Waals surface area (Å²) in [5, 5.41) is 2.91. The molecular weight excluding hydrogens is 294 g/mol. The van der Waals surface area contributed by atoms with Crippen LogP contribution in [0.4, 0.5) is 0 Å². The third-order valence-electron chi connectivity index (χ3n) is 2.73. The number of benzene rings is 1.